The van der Waals surface area contributed by atoms with Crippen LogP contribution in [-0.4, -0.2) is 35.8 Å². The Hall–Kier alpha value is -1.38. The Balaban J connectivity index is 1.50. The Morgan fingerprint density at radius 3 is 2.41 bits per heavy atom. The van der Waals surface area contributed by atoms with Crippen molar-refractivity contribution < 1.29 is 22.7 Å². The third kappa shape index (κ3) is 3.64. The predicted molar refractivity (Wildman–Crippen MR) is 108 cm³/mol. The molecule has 1 aromatic rings. The normalized spacial score (nSPS) is 33.6. The summed E-state index contributed by atoms with van der Waals surface area (Å²) >= 11 is 5.93. The first-order chi connectivity index (χ1) is 13.4. The Kier molecular flexibility index (Phi) is 4.91. The highest BCUT2D eigenvalue weighted by molar-refractivity contribution is 7.94. The lowest BCUT2D eigenvalue weighted by molar-refractivity contribution is -0.147. The molecule has 4 bridgehead atoms. The van der Waals surface area contributed by atoms with Crippen LogP contribution in [0.5, 0.6) is 0 Å². The van der Waals surface area contributed by atoms with Gasteiger partial charge in [0.25, 0.3) is 0 Å². The highest BCUT2D eigenvalue weighted by Gasteiger charge is 2.56. The number of halogens is 2. The Morgan fingerprint density at radius 2 is 1.86 bits per heavy atom. The van der Waals surface area contributed by atoms with Crippen LogP contribution in [0.3, 0.4) is 0 Å². The number of sulfonamides is 1. The summed E-state index contributed by atoms with van der Waals surface area (Å²) in [5.41, 5.74) is -0.606. The maximum Gasteiger partial charge on any atom is 0.247 e. The van der Waals surface area contributed by atoms with Gasteiger partial charge in [0.15, 0.2) is 4.75 Å². The van der Waals surface area contributed by atoms with E-state index < -0.39 is 32.1 Å². The van der Waals surface area contributed by atoms with Crippen LogP contribution in [0.4, 0.5) is 10.1 Å². The van der Waals surface area contributed by atoms with E-state index in [0.29, 0.717) is 18.8 Å². The van der Waals surface area contributed by atoms with Gasteiger partial charge in [0, 0.05) is 6.04 Å². The van der Waals surface area contributed by atoms with Gasteiger partial charge in [-0.05, 0) is 81.9 Å². The van der Waals surface area contributed by atoms with Gasteiger partial charge in [-0.2, -0.15) is 0 Å². The number of hydrogen-bond donors (Lipinski definition) is 3. The van der Waals surface area contributed by atoms with Gasteiger partial charge in [0.2, 0.25) is 15.9 Å². The molecule has 6 nitrogen and oxygen atoms in total. The van der Waals surface area contributed by atoms with E-state index in [1.54, 1.807) is 0 Å². The van der Waals surface area contributed by atoms with Crippen molar-refractivity contribution in [1.82, 2.24) is 5.32 Å². The van der Waals surface area contributed by atoms with E-state index in [1.807, 2.05) is 0 Å². The topological polar surface area (TPSA) is 95.5 Å². The van der Waals surface area contributed by atoms with Crippen molar-refractivity contribution >= 4 is 33.2 Å². The lowest BCUT2D eigenvalue weighted by atomic mass is 9.52. The lowest BCUT2D eigenvalue weighted by Crippen LogP contribution is -2.64. The van der Waals surface area contributed by atoms with Crippen LogP contribution in [0.25, 0.3) is 0 Å². The predicted octanol–water partition coefficient (Wildman–Crippen LogP) is 3.06. The molecule has 29 heavy (non-hydrogen) atoms. The average molecular weight is 445 g/mol. The summed E-state index contributed by atoms with van der Waals surface area (Å²) in [6.45, 7) is 2.68. The van der Waals surface area contributed by atoms with E-state index >= 15 is 0 Å². The third-order valence-electron chi connectivity index (χ3n) is 6.93. The molecule has 1 aromatic carbocycles. The van der Waals surface area contributed by atoms with Gasteiger partial charge in [0.1, 0.15) is 5.82 Å². The van der Waals surface area contributed by atoms with Crippen molar-refractivity contribution in [2.24, 2.45) is 17.8 Å². The van der Waals surface area contributed by atoms with Crippen LogP contribution < -0.4 is 10.0 Å². The Bertz CT molecular complexity index is 936. The number of benzene rings is 1. The first kappa shape index (κ1) is 20.9. The molecule has 9 heteroatoms. The second kappa shape index (κ2) is 6.82. The standard InChI is InChI=1S/C20H26ClFN2O4S/c1-19(2,29(27,28)24-16-4-3-14(22)7-15(16)21)18(25)23-17-12-5-11-6-13(17)10-20(26,8-11)9-12/h3-4,7,11-13,17,24,26H,5-6,8-10H2,1-2H3,(H,23,25). The summed E-state index contributed by atoms with van der Waals surface area (Å²) in [6.07, 6.45) is 4.06. The number of aliphatic hydroxyl groups is 1. The molecule has 0 radical (unpaired) electrons. The fourth-order valence-corrected chi connectivity index (χ4v) is 6.81. The van der Waals surface area contributed by atoms with E-state index in [2.05, 4.69) is 10.0 Å². The lowest BCUT2D eigenvalue weighted by Gasteiger charge is -2.58. The summed E-state index contributed by atoms with van der Waals surface area (Å²) in [5.74, 6) is -0.336. The summed E-state index contributed by atoms with van der Waals surface area (Å²) in [5, 5.41) is 13.6. The van der Waals surface area contributed by atoms with Crippen molar-refractivity contribution in [2.45, 2.75) is 62.3 Å². The first-order valence-electron chi connectivity index (χ1n) is 9.91. The fourth-order valence-electron chi connectivity index (χ4n) is 5.51. The number of carbonyl (C=O) groups is 1. The molecular formula is C20H26ClFN2O4S. The van der Waals surface area contributed by atoms with Crippen molar-refractivity contribution in [3.05, 3.63) is 29.0 Å². The van der Waals surface area contributed by atoms with Gasteiger partial charge in [-0.3, -0.25) is 9.52 Å². The summed E-state index contributed by atoms with van der Waals surface area (Å²) in [7, 11) is -4.15. The summed E-state index contributed by atoms with van der Waals surface area (Å²) in [6, 6.07) is 3.20. The maximum atomic E-state index is 13.2. The molecule has 5 rings (SSSR count). The minimum absolute atomic E-state index is 0.0192. The number of amides is 1. The Morgan fingerprint density at radius 1 is 1.24 bits per heavy atom. The molecule has 0 saturated heterocycles. The molecule has 0 heterocycles. The van der Waals surface area contributed by atoms with Gasteiger partial charge in [-0.1, -0.05) is 11.6 Å². The second-order valence-corrected chi connectivity index (χ2v) is 12.1. The molecule has 160 valence electrons. The van der Waals surface area contributed by atoms with Crippen molar-refractivity contribution in [3.8, 4) is 0 Å². The van der Waals surface area contributed by atoms with Crippen LogP contribution >= 0.6 is 11.6 Å². The number of anilines is 1. The molecule has 1 amide bonds. The van der Waals surface area contributed by atoms with E-state index in [4.69, 9.17) is 11.6 Å². The smallest absolute Gasteiger partial charge is 0.247 e. The largest absolute Gasteiger partial charge is 0.390 e. The zero-order valence-corrected chi connectivity index (χ0v) is 18.0. The Labute approximate surface area is 175 Å². The molecule has 3 N–H and O–H groups in total. The van der Waals surface area contributed by atoms with Crippen LogP contribution in [-0.2, 0) is 14.8 Å². The molecule has 4 fully saturated rings. The van der Waals surface area contributed by atoms with Gasteiger partial charge < -0.3 is 10.4 Å². The quantitative estimate of drug-likeness (QED) is 0.650. The van der Waals surface area contributed by atoms with Crippen LogP contribution in [0.1, 0.15) is 46.0 Å². The SMILES string of the molecule is CC(C)(C(=O)NC1C2CC3CC1CC(O)(C3)C2)S(=O)(=O)Nc1ccc(F)cc1Cl. The molecule has 4 aliphatic rings. The fraction of sp³-hybridized carbons (Fsp3) is 0.650. The molecule has 0 aliphatic heterocycles. The third-order valence-corrected chi connectivity index (χ3v) is 9.26. The highest BCUT2D eigenvalue weighted by atomic mass is 35.5. The number of nitrogens with one attached hydrogen (secondary N) is 2. The van der Waals surface area contributed by atoms with E-state index in [1.165, 1.54) is 19.9 Å². The molecular weight excluding hydrogens is 419 g/mol. The molecule has 2 unspecified atom stereocenters. The number of rotatable bonds is 5. The summed E-state index contributed by atoms with van der Waals surface area (Å²) in [4.78, 5) is 13.0. The molecule has 4 aliphatic carbocycles. The minimum Gasteiger partial charge on any atom is -0.390 e. The highest BCUT2D eigenvalue weighted by Crippen LogP contribution is 2.55. The van der Waals surface area contributed by atoms with E-state index in [0.717, 1.165) is 31.4 Å². The van der Waals surface area contributed by atoms with E-state index in [9.17, 15) is 22.7 Å². The molecule has 2 atom stereocenters. The summed E-state index contributed by atoms with van der Waals surface area (Å²) < 4.78 is 39.6. The van der Waals surface area contributed by atoms with Gasteiger partial charge in [0.05, 0.1) is 16.3 Å². The molecule has 0 aromatic heterocycles. The van der Waals surface area contributed by atoms with E-state index in [-0.39, 0.29) is 28.6 Å². The van der Waals surface area contributed by atoms with Gasteiger partial charge in [-0.15, -0.1) is 0 Å². The average Bonchev–Trinajstić information content (AvgIpc) is 2.58. The van der Waals surface area contributed by atoms with Crippen LogP contribution in [0, 0.1) is 23.6 Å². The van der Waals surface area contributed by atoms with Crippen molar-refractivity contribution in [2.75, 3.05) is 4.72 Å². The minimum atomic E-state index is -4.15. The van der Waals surface area contributed by atoms with Gasteiger partial charge in [-0.25, -0.2) is 12.8 Å². The van der Waals surface area contributed by atoms with Crippen LogP contribution in [0.15, 0.2) is 18.2 Å². The molecule has 0 spiro atoms. The zero-order valence-electron chi connectivity index (χ0n) is 16.4. The number of carbonyl (C=O) groups excluding carboxylic acids is 1. The first-order valence-corrected chi connectivity index (χ1v) is 11.8. The molecule has 4 saturated carbocycles. The monoisotopic (exact) mass is 444 g/mol. The number of hydrogen-bond acceptors (Lipinski definition) is 4. The van der Waals surface area contributed by atoms with Crippen molar-refractivity contribution in [3.63, 3.8) is 0 Å². The van der Waals surface area contributed by atoms with Gasteiger partial charge >= 0.3 is 0 Å². The second-order valence-electron chi connectivity index (χ2n) is 9.43. The van der Waals surface area contributed by atoms with Crippen molar-refractivity contribution in [1.29, 1.82) is 0 Å². The van der Waals surface area contributed by atoms with Crippen LogP contribution in [0.2, 0.25) is 5.02 Å². The zero-order chi connectivity index (χ0) is 21.2. The maximum absolute atomic E-state index is 13.2.